The first kappa shape index (κ1) is 15.4. The number of esters is 1. The Morgan fingerprint density at radius 2 is 2.15 bits per heavy atom. The lowest BCUT2D eigenvalue weighted by atomic mass is 10.2. The number of methoxy groups -OCH3 is 1. The number of rotatable bonds is 6. The minimum absolute atomic E-state index is 0.184. The summed E-state index contributed by atoms with van der Waals surface area (Å²) in [5, 5.41) is 3.85. The molecule has 0 amide bonds. The molecule has 0 N–H and O–H groups in total. The van der Waals surface area contributed by atoms with Crippen molar-refractivity contribution in [2.75, 3.05) is 18.6 Å². The molecule has 0 bridgehead atoms. The largest absolute Gasteiger partial charge is 0.468 e. The van der Waals surface area contributed by atoms with Crippen molar-refractivity contribution in [3.05, 3.63) is 39.7 Å². The molecule has 0 aliphatic carbocycles. The van der Waals surface area contributed by atoms with Crippen LogP contribution in [-0.2, 0) is 16.0 Å². The Balaban J connectivity index is 1.86. The van der Waals surface area contributed by atoms with Gasteiger partial charge in [0.15, 0.2) is 0 Å². The number of carbonyl (C=O) groups is 1. The van der Waals surface area contributed by atoms with E-state index in [0.29, 0.717) is 5.75 Å². The van der Waals surface area contributed by atoms with Crippen LogP contribution in [0.1, 0.15) is 5.01 Å². The quantitative estimate of drug-likeness (QED) is 0.595. The minimum Gasteiger partial charge on any atom is -0.468 e. The topological polar surface area (TPSA) is 39.2 Å². The van der Waals surface area contributed by atoms with Gasteiger partial charge in [-0.25, -0.2) is 4.98 Å². The molecule has 0 saturated carbocycles. The van der Waals surface area contributed by atoms with Crippen LogP contribution in [0.4, 0.5) is 0 Å². The fourth-order valence-electron chi connectivity index (χ4n) is 1.55. The molecule has 3 nitrogen and oxygen atoms in total. The van der Waals surface area contributed by atoms with Crippen LogP contribution in [0.15, 0.2) is 29.6 Å². The molecule has 1 aromatic carbocycles. The van der Waals surface area contributed by atoms with Crippen LogP contribution in [0, 0.1) is 0 Å². The highest BCUT2D eigenvalue weighted by atomic mass is 35.5. The predicted molar refractivity (Wildman–Crippen MR) is 85.6 cm³/mol. The Morgan fingerprint density at radius 3 is 2.85 bits per heavy atom. The summed E-state index contributed by atoms with van der Waals surface area (Å²) >= 11 is 9.07. The van der Waals surface area contributed by atoms with Gasteiger partial charge in [0.2, 0.25) is 0 Å². The SMILES string of the molecule is COC(=O)CSCCc1nc(-c2ccc(Cl)cc2)cs1. The van der Waals surface area contributed by atoms with Crippen LogP contribution in [0.3, 0.4) is 0 Å². The smallest absolute Gasteiger partial charge is 0.315 e. The zero-order chi connectivity index (χ0) is 14.4. The summed E-state index contributed by atoms with van der Waals surface area (Å²) < 4.78 is 4.59. The number of benzene rings is 1. The fourth-order valence-corrected chi connectivity index (χ4v) is 3.38. The summed E-state index contributed by atoms with van der Waals surface area (Å²) in [4.78, 5) is 15.6. The molecule has 0 unspecified atom stereocenters. The van der Waals surface area contributed by atoms with Crippen molar-refractivity contribution in [3.8, 4) is 11.3 Å². The number of hydrogen-bond acceptors (Lipinski definition) is 5. The van der Waals surface area contributed by atoms with E-state index in [9.17, 15) is 4.79 Å². The Labute approximate surface area is 131 Å². The average molecular weight is 328 g/mol. The van der Waals surface area contributed by atoms with Crippen molar-refractivity contribution in [1.82, 2.24) is 4.98 Å². The molecule has 0 radical (unpaired) electrons. The molecule has 0 atom stereocenters. The standard InChI is InChI=1S/C14H14ClNO2S2/c1-18-14(17)9-19-7-6-13-16-12(8-20-13)10-2-4-11(15)5-3-10/h2-5,8H,6-7,9H2,1H3. The van der Waals surface area contributed by atoms with Crippen molar-refractivity contribution < 1.29 is 9.53 Å². The molecular weight excluding hydrogens is 314 g/mol. The summed E-state index contributed by atoms with van der Waals surface area (Å²) in [6.07, 6.45) is 0.861. The number of thioether (sulfide) groups is 1. The van der Waals surface area contributed by atoms with Crippen LogP contribution in [0.25, 0.3) is 11.3 Å². The van der Waals surface area contributed by atoms with Crippen LogP contribution in [-0.4, -0.2) is 29.6 Å². The number of aryl methyl sites for hydroxylation is 1. The molecule has 1 heterocycles. The molecule has 2 rings (SSSR count). The molecule has 0 aliphatic heterocycles. The maximum Gasteiger partial charge on any atom is 0.315 e. The van der Waals surface area contributed by atoms with Crippen LogP contribution < -0.4 is 0 Å². The number of aromatic nitrogens is 1. The van der Waals surface area contributed by atoms with E-state index in [-0.39, 0.29) is 5.97 Å². The molecule has 0 saturated heterocycles. The summed E-state index contributed by atoms with van der Waals surface area (Å²) in [6, 6.07) is 7.66. The van der Waals surface area contributed by atoms with Crippen molar-refractivity contribution in [3.63, 3.8) is 0 Å². The third-order valence-electron chi connectivity index (χ3n) is 2.60. The number of ether oxygens (including phenoxy) is 1. The minimum atomic E-state index is -0.184. The van der Waals surface area contributed by atoms with Crippen molar-refractivity contribution in [1.29, 1.82) is 0 Å². The number of carbonyl (C=O) groups excluding carboxylic acids is 1. The molecule has 106 valence electrons. The second-order valence-corrected chi connectivity index (χ2v) is 6.50. The highest BCUT2D eigenvalue weighted by molar-refractivity contribution is 7.99. The molecule has 0 fully saturated rings. The Morgan fingerprint density at radius 1 is 1.40 bits per heavy atom. The third-order valence-corrected chi connectivity index (χ3v) is 4.69. The Hall–Kier alpha value is -1.04. The van der Waals surface area contributed by atoms with Gasteiger partial charge in [-0.2, -0.15) is 0 Å². The number of thiazole rings is 1. The van der Waals surface area contributed by atoms with Gasteiger partial charge in [-0.05, 0) is 12.1 Å². The molecular formula is C14H14ClNO2S2. The molecule has 2 aromatic rings. The molecule has 0 aliphatic rings. The van der Waals surface area contributed by atoms with Gasteiger partial charge in [0.05, 0.1) is 23.6 Å². The van der Waals surface area contributed by atoms with E-state index in [1.165, 1.54) is 7.11 Å². The first-order chi connectivity index (χ1) is 9.69. The monoisotopic (exact) mass is 327 g/mol. The van der Waals surface area contributed by atoms with E-state index in [1.807, 2.05) is 29.6 Å². The fraction of sp³-hybridized carbons (Fsp3) is 0.286. The van der Waals surface area contributed by atoms with E-state index in [2.05, 4.69) is 9.72 Å². The summed E-state index contributed by atoms with van der Waals surface area (Å²) in [5.41, 5.74) is 2.04. The van der Waals surface area contributed by atoms with Crippen LogP contribution >= 0.6 is 34.7 Å². The lowest BCUT2D eigenvalue weighted by molar-refractivity contribution is -0.137. The maximum atomic E-state index is 11.0. The number of nitrogens with zero attached hydrogens (tertiary/aromatic N) is 1. The maximum absolute atomic E-state index is 11.0. The van der Waals surface area contributed by atoms with Crippen molar-refractivity contribution >= 4 is 40.7 Å². The lowest BCUT2D eigenvalue weighted by Crippen LogP contribution is -2.04. The number of halogens is 1. The first-order valence-electron chi connectivity index (χ1n) is 6.04. The summed E-state index contributed by atoms with van der Waals surface area (Å²) in [6.45, 7) is 0. The van der Waals surface area contributed by atoms with E-state index >= 15 is 0 Å². The van der Waals surface area contributed by atoms with Crippen molar-refractivity contribution in [2.45, 2.75) is 6.42 Å². The molecule has 6 heteroatoms. The Bertz CT molecular complexity index is 569. The van der Waals surface area contributed by atoms with Gasteiger partial charge >= 0.3 is 5.97 Å². The second kappa shape index (κ2) is 7.67. The van der Waals surface area contributed by atoms with E-state index < -0.39 is 0 Å². The first-order valence-corrected chi connectivity index (χ1v) is 8.45. The summed E-state index contributed by atoms with van der Waals surface area (Å²) in [5.74, 6) is 1.07. The van der Waals surface area contributed by atoms with E-state index in [4.69, 9.17) is 11.6 Å². The molecule has 20 heavy (non-hydrogen) atoms. The van der Waals surface area contributed by atoms with E-state index in [1.54, 1.807) is 23.1 Å². The average Bonchev–Trinajstić information content (AvgIpc) is 2.93. The van der Waals surface area contributed by atoms with Gasteiger partial charge in [0.1, 0.15) is 0 Å². The van der Waals surface area contributed by atoms with Gasteiger partial charge in [-0.15, -0.1) is 23.1 Å². The lowest BCUT2D eigenvalue weighted by Gasteiger charge is -1.99. The van der Waals surface area contributed by atoms with E-state index in [0.717, 1.165) is 33.5 Å². The van der Waals surface area contributed by atoms with Crippen molar-refractivity contribution in [2.24, 2.45) is 0 Å². The second-order valence-electron chi connectivity index (χ2n) is 4.01. The summed E-state index contributed by atoms with van der Waals surface area (Å²) in [7, 11) is 1.40. The predicted octanol–water partition coefficient (Wildman–Crippen LogP) is 3.91. The van der Waals surface area contributed by atoms with Gasteiger partial charge in [-0.3, -0.25) is 4.79 Å². The molecule has 1 aromatic heterocycles. The van der Waals surface area contributed by atoms with Crippen LogP contribution in [0.2, 0.25) is 5.02 Å². The highest BCUT2D eigenvalue weighted by Gasteiger charge is 2.06. The van der Waals surface area contributed by atoms with Crippen LogP contribution in [0.5, 0.6) is 0 Å². The third kappa shape index (κ3) is 4.51. The Kier molecular flexibility index (Phi) is 5.88. The zero-order valence-corrected chi connectivity index (χ0v) is 13.4. The van der Waals surface area contributed by atoms with Gasteiger partial charge in [0, 0.05) is 28.1 Å². The number of hydrogen-bond donors (Lipinski definition) is 0. The molecule has 0 spiro atoms. The normalized spacial score (nSPS) is 10.5. The van der Waals surface area contributed by atoms with Gasteiger partial charge in [0.25, 0.3) is 0 Å². The highest BCUT2D eigenvalue weighted by Crippen LogP contribution is 2.24. The van der Waals surface area contributed by atoms with Gasteiger partial charge in [-0.1, -0.05) is 23.7 Å². The zero-order valence-electron chi connectivity index (χ0n) is 11.0. The van der Waals surface area contributed by atoms with Gasteiger partial charge < -0.3 is 4.74 Å².